The molecule has 0 unspecified atom stereocenters. The summed E-state index contributed by atoms with van der Waals surface area (Å²) < 4.78 is 0. The van der Waals surface area contributed by atoms with Gasteiger partial charge in [-0.1, -0.05) is 83.1 Å². The molecule has 1 heteroatoms. The van der Waals surface area contributed by atoms with E-state index in [4.69, 9.17) is 0 Å². The Hall–Kier alpha value is 0.799. The van der Waals surface area contributed by atoms with Gasteiger partial charge in [-0.3, -0.25) is 0 Å². The molecule has 0 aliphatic rings. The Bertz CT molecular complexity index is 48.5. The van der Waals surface area contributed by atoms with Gasteiger partial charge >= 0.3 is 0 Å². The van der Waals surface area contributed by atoms with Crippen molar-refractivity contribution in [2.75, 3.05) is 0 Å². The molecule has 0 saturated heterocycles. The molecule has 0 bridgehead atoms. The number of hydrogen-bond acceptors (Lipinski definition) is 0. The summed E-state index contributed by atoms with van der Waals surface area (Å²) in [6.45, 7) is 26.0. The minimum absolute atomic E-state index is 0. The Balaban J connectivity index is -0.0000000369. The molecule has 0 aromatic heterocycles. The van der Waals surface area contributed by atoms with Crippen molar-refractivity contribution in [2.24, 2.45) is 23.7 Å². The van der Waals surface area contributed by atoms with E-state index >= 15 is 0 Å². The van der Waals surface area contributed by atoms with Crippen LogP contribution in [0.5, 0.6) is 0 Å². The van der Waals surface area contributed by atoms with Gasteiger partial charge in [0.1, 0.15) is 0 Å². The van der Waals surface area contributed by atoms with Crippen LogP contribution >= 0.6 is 0 Å². The van der Waals surface area contributed by atoms with Crippen molar-refractivity contribution in [3.63, 3.8) is 0 Å². The Morgan fingerprint density at radius 3 is 0.294 bits per heavy atom. The average molecular weight is 351 g/mol. The van der Waals surface area contributed by atoms with Crippen LogP contribution in [-0.4, -0.2) is 23.9 Å². The van der Waals surface area contributed by atoms with E-state index in [1.165, 1.54) is 0 Å². The predicted octanol–water partition coefficient (Wildman–Crippen LogP) is 6.27. The molecule has 0 heterocycles. The molecule has 0 aliphatic carbocycles. The Labute approximate surface area is 130 Å². The molecule has 0 rings (SSSR count). The van der Waals surface area contributed by atoms with E-state index in [0.717, 1.165) is 23.7 Å². The molecule has 0 amide bonds. The summed E-state index contributed by atoms with van der Waals surface area (Å²) in [5, 5.41) is 0. The second-order valence-electron chi connectivity index (χ2n) is 6.93. The van der Waals surface area contributed by atoms with Crippen LogP contribution in [0.2, 0.25) is 0 Å². The van der Waals surface area contributed by atoms with Gasteiger partial charge in [0.05, 0.1) is 0 Å². The second kappa shape index (κ2) is 25.6. The maximum atomic E-state index is 2.17. The summed E-state index contributed by atoms with van der Waals surface area (Å²) in [6, 6.07) is 0. The monoisotopic (exact) mass is 352 g/mol. The Kier molecular flexibility index (Phi) is 46.2. The fourth-order valence-corrected chi connectivity index (χ4v) is 0. The van der Waals surface area contributed by atoms with Crippen molar-refractivity contribution >= 4 is 23.9 Å². The zero-order valence-corrected chi connectivity index (χ0v) is 17.7. The van der Waals surface area contributed by atoms with Gasteiger partial charge in [-0.05, 0) is 23.7 Å². The summed E-state index contributed by atoms with van der Waals surface area (Å²) in [6.07, 6.45) is 0. The molecule has 17 heavy (non-hydrogen) atoms. The molecule has 0 fully saturated rings. The number of hydrogen-bond donors (Lipinski definition) is 0. The van der Waals surface area contributed by atoms with Crippen LogP contribution in [0.1, 0.15) is 83.1 Å². The molecule has 0 aliphatic heterocycles. The van der Waals surface area contributed by atoms with E-state index in [2.05, 4.69) is 83.1 Å². The first-order valence-corrected chi connectivity index (χ1v) is 6.93. The van der Waals surface area contributed by atoms with Crippen LogP contribution < -0.4 is 0 Å². The van der Waals surface area contributed by atoms with E-state index < -0.39 is 0 Å². The van der Waals surface area contributed by atoms with Crippen molar-refractivity contribution in [3.05, 3.63) is 0 Å². The molecule has 0 nitrogen and oxygen atoms in total. The van der Waals surface area contributed by atoms with E-state index in [1.807, 2.05) is 0 Å². The van der Waals surface area contributed by atoms with Gasteiger partial charge in [-0.2, -0.15) is 0 Å². The van der Waals surface area contributed by atoms with Gasteiger partial charge in [-0.15, -0.1) is 0 Å². The number of rotatable bonds is 0. The zero-order chi connectivity index (χ0) is 14.3. The van der Waals surface area contributed by atoms with Crippen molar-refractivity contribution in [3.8, 4) is 0 Å². The first-order valence-electron chi connectivity index (χ1n) is 6.93. The third-order valence-electron chi connectivity index (χ3n) is 0. The fourth-order valence-electron chi connectivity index (χ4n) is 0. The predicted molar refractivity (Wildman–Crippen MR) is 87.8 cm³/mol. The second-order valence-corrected chi connectivity index (χ2v) is 6.93. The molecule has 0 spiro atoms. The van der Waals surface area contributed by atoms with Crippen LogP contribution in [0.4, 0.5) is 0 Å². The van der Waals surface area contributed by atoms with Crippen LogP contribution in [0.15, 0.2) is 0 Å². The molecule has 0 saturated carbocycles. The molecular weight excluding hydrogens is 311 g/mol. The van der Waals surface area contributed by atoms with Gasteiger partial charge in [0.15, 0.2) is 0 Å². The van der Waals surface area contributed by atoms with Crippen LogP contribution in [0.25, 0.3) is 0 Å². The SMILES string of the molecule is CC(C)C.CC(C)C.CC(C)C.CC(C)C.[Sn]. The molecular formula is C16H40Sn. The third-order valence-corrected chi connectivity index (χ3v) is 0. The first-order chi connectivity index (χ1) is 6.93. The standard InChI is InChI=1S/4C4H10.Sn/c4*1-4(2)3;/h4*4H,1-3H3;. The fraction of sp³-hybridized carbons (Fsp3) is 1.00. The zero-order valence-electron chi connectivity index (χ0n) is 14.8. The van der Waals surface area contributed by atoms with Crippen LogP contribution in [0.3, 0.4) is 0 Å². The molecule has 4 radical (unpaired) electrons. The quantitative estimate of drug-likeness (QED) is 0.451. The van der Waals surface area contributed by atoms with Crippen molar-refractivity contribution in [2.45, 2.75) is 83.1 Å². The van der Waals surface area contributed by atoms with Crippen molar-refractivity contribution < 1.29 is 0 Å². The van der Waals surface area contributed by atoms with Crippen molar-refractivity contribution in [1.82, 2.24) is 0 Å². The minimum atomic E-state index is 0. The molecule has 0 aromatic carbocycles. The summed E-state index contributed by atoms with van der Waals surface area (Å²) in [4.78, 5) is 0. The van der Waals surface area contributed by atoms with Crippen molar-refractivity contribution in [1.29, 1.82) is 0 Å². The summed E-state index contributed by atoms with van der Waals surface area (Å²) in [5.74, 6) is 3.33. The largest absolute Gasteiger partial charge is 0.0630 e. The first kappa shape index (κ1) is 30.7. The van der Waals surface area contributed by atoms with Gasteiger partial charge in [-0.25, -0.2) is 0 Å². The van der Waals surface area contributed by atoms with E-state index in [0.29, 0.717) is 0 Å². The molecule has 0 aromatic rings. The third kappa shape index (κ3) is 5770. The maximum Gasteiger partial charge on any atom is 0 e. The minimum Gasteiger partial charge on any atom is -0.0630 e. The van der Waals surface area contributed by atoms with Crippen LogP contribution in [0, 0.1) is 23.7 Å². The molecule has 0 N–H and O–H groups in total. The summed E-state index contributed by atoms with van der Waals surface area (Å²) >= 11 is 0. The van der Waals surface area contributed by atoms with Gasteiger partial charge in [0.2, 0.25) is 0 Å². The van der Waals surface area contributed by atoms with Crippen LogP contribution in [-0.2, 0) is 0 Å². The van der Waals surface area contributed by atoms with E-state index in [9.17, 15) is 0 Å². The average Bonchev–Trinajstić information content (AvgIpc) is 1.76. The molecule has 0 atom stereocenters. The van der Waals surface area contributed by atoms with Gasteiger partial charge in [0.25, 0.3) is 0 Å². The Morgan fingerprint density at radius 1 is 0.294 bits per heavy atom. The normalized spacial score (nSPS) is 8.47. The summed E-state index contributed by atoms with van der Waals surface area (Å²) in [5.41, 5.74) is 0. The topological polar surface area (TPSA) is 0 Å². The maximum absolute atomic E-state index is 2.17. The molecule has 108 valence electrons. The Morgan fingerprint density at radius 2 is 0.294 bits per heavy atom. The van der Waals surface area contributed by atoms with Gasteiger partial charge < -0.3 is 0 Å². The van der Waals surface area contributed by atoms with E-state index in [1.54, 1.807) is 0 Å². The smallest absolute Gasteiger partial charge is 0 e. The van der Waals surface area contributed by atoms with E-state index in [-0.39, 0.29) is 23.9 Å². The van der Waals surface area contributed by atoms with Gasteiger partial charge in [0, 0.05) is 23.9 Å². The summed E-state index contributed by atoms with van der Waals surface area (Å²) in [7, 11) is 0.